The number of nitrogens with two attached hydrogens (primary N) is 1. The molecule has 2 fully saturated rings. The predicted molar refractivity (Wildman–Crippen MR) is 62.3 cm³/mol. The van der Waals surface area contributed by atoms with Crippen LogP contribution in [0.15, 0.2) is 0 Å². The minimum absolute atomic E-state index is 0.0699. The van der Waals surface area contributed by atoms with Crippen LogP contribution in [0.5, 0.6) is 0 Å². The Balaban J connectivity index is 1.87. The molecule has 0 aliphatic heterocycles. The van der Waals surface area contributed by atoms with Crippen molar-refractivity contribution in [2.75, 3.05) is 13.2 Å². The van der Waals surface area contributed by atoms with E-state index in [9.17, 15) is 18.0 Å². The molecule has 0 heterocycles. The quantitative estimate of drug-likeness (QED) is 0.659. The van der Waals surface area contributed by atoms with E-state index < -0.39 is 30.7 Å². The number of halogens is 3. The van der Waals surface area contributed by atoms with Gasteiger partial charge in [0, 0.05) is 6.04 Å². The van der Waals surface area contributed by atoms with Gasteiger partial charge in [0.25, 0.3) is 0 Å². The van der Waals surface area contributed by atoms with Gasteiger partial charge in [-0.15, -0.1) is 0 Å². The maximum Gasteiger partial charge on any atom is 0.391 e. The van der Waals surface area contributed by atoms with Crippen LogP contribution >= 0.6 is 0 Å². The van der Waals surface area contributed by atoms with Crippen LogP contribution in [0.1, 0.15) is 32.1 Å². The van der Waals surface area contributed by atoms with Gasteiger partial charge in [0.1, 0.15) is 5.54 Å². The molecule has 0 aromatic rings. The van der Waals surface area contributed by atoms with Crippen LogP contribution in [-0.2, 0) is 9.53 Å². The van der Waals surface area contributed by atoms with E-state index >= 15 is 0 Å². The number of carbonyl (C=O) groups is 1. The Morgan fingerprint density at radius 3 is 2.32 bits per heavy atom. The summed E-state index contributed by atoms with van der Waals surface area (Å²) in [7, 11) is 0. The van der Waals surface area contributed by atoms with Gasteiger partial charge in [0.05, 0.1) is 19.6 Å². The lowest BCUT2D eigenvalue weighted by Crippen LogP contribution is -2.61. The van der Waals surface area contributed by atoms with Crippen molar-refractivity contribution >= 4 is 5.91 Å². The van der Waals surface area contributed by atoms with Gasteiger partial charge in [-0.3, -0.25) is 10.1 Å². The second-order valence-corrected chi connectivity index (χ2v) is 5.45. The molecule has 0 saturated heterocycles. The Hall–Kier alpha value is -0.820. The molecule has 1 atom stereocenters. The first-order valence-corrected chi connectivity index (χ1v) is 6.55. The molecule has 1 unspecified atom stereocenters. The van der Waals surface area contributed by atoms with Gasteiger partial charge >= 0.3 is 6.18 Å². The lowest BCUT2D eigenvalue weighted by molar-refractivity contribution is -0.148. The second-order valence-electron chi connectivity index (χ2n) is 5.45. The normalized spacial score (nSPS) is 23.1. The molecule has 0 radical (unpaired) electrons. The highest BCUT2D eigenvalue weighted by molar-refractivity contribution is 5.86. The van der Waals surface area contributed by atoms with Crippen LogP contribution in [0.3, 0.4) is 0 Å². The van der Waals surface area contributed by atoms with Crippen molar-refractivity contribution in [1.82, 2.24) is 5.32 Å². The number of hydrogen-bond acceptors (Lipinski definition) is 3. The summed E-state index contributed by atoms with van der Waals surface area (Å²) >= 11 is 0. The molecule has 3 N–H and O–H groups in total. The molecule has 2 aliphatic rings. The third-order valence-corrected chi connectivity index (χ3v) is 3.61. The lowest BCUT2D eigenvalue weighted by atomic mass is 9.93. The van der Waals surface area contributed by atoms with Gasteiger partial charge in [-0.05, 0) is 31.6 Å². The maximum atomic E-state index is 12.0. The molecule has 7 heteroatoms. The summed E-state index contributed by atoms with van der Waals surface area (Å²) in [6.45, 7) is -0.503. The SMILES string of the molecule is NC(=O)C(COCCC(F)(F)F)(NC1CC1)C1CC1. The van der Waals surface area contributed by atoms with Crippen molar-refractivity contribution in [3.05, 3.63) is 0 Å². The summed E-state index contributed by atoms with van der Waals surface area (Å²) in [6, 6.07) is 0.249. The van der Waals surface area contributed by atoms with Crippen LogP contribution in [-0.4, -0.2) is 36.9 Å². The standard InChI is InChI=1S/C12H19F3N2O2/c13-12(14,15)5-6-19-7-11(10(16)18,8-1-2-8)17-9-3-4-9/h8-9,17H,1-7H2,(H2,16,18). The summed E-state index contributed by atoms with van der Waals surface area (Å²) < 4.78 is 41.2. The van der Waals surface area contributed by atoms with E-state index in [0.29, 0.717) is 0 Å². The van der Waals surface area contributed by atoms with Crippen molar-refractivity contribution in [3.8, 4) is 0 Å². The van der Waals surface area contributed by atoms with E-state index in [1.807, 2.05) is 0 Å². The number of carbonyl (C=O) groups excluding carboxylic acids is 1. The molecule has 0 aromatic heterocycles. The first-order valence-electron chi connectivity index (χ1n) is 6.55. The second kappa shape index (κ2) is 5.28. The van der Waals surface area contributed by atoms with Crippen LogP contribution < -0.4 is 11.1 Å². The molecule has 2 rings (SSSR count). The number of hydrogen-bond donors (Lipinski definition) is 2. The molecular formula is C12H19F3N2O2. The Labute approximate surface area is 109 Å². The third kappa shape index (κ3) is 4.07. The van der Waals surface area contributed by atoms with Gasteiger partial charge in [-0.2, -0.15) is 13.2 Å². The highest BCUT2D eigenvalue weighted by atomic mass is 19.4. The summed E-state index contributed by atoms with van der Waals surface area (Å²) in [5, 5.41) is 3.18. The van der Waals surface area contributed by atoms with E-state index in [1.54, 1.807) is 0 Å². The Bertz CT molecular complexity index is 340. The monoisotopic (exact) mass is 280 g/mol. The van der Waals surface area contributed by atoms with Crippen LogP contribution in [0.4, 0.5) is 13.2 Å². The van der Waals surface area contributed by atoms with Gasteiger partial charge in [0.15, 0.2) is 0 Å². The van der Waals surface area contributed by atoms with E-state index in [0.717, 1.165) is 25.7 Å². The molecule has 19 heavy (non-hydrogen) atoms. The van der Waals surface area contributed by atoms with Crippen molar-refractivity contribution in [2.24, 2.45) is 11.7 Å². The molecule has 2 aliphatic carbocycles. The minimum atomic E-state index is -4.24. The lowest BCUT2D eigenvalue weighted by Gasteiger charge is -2.32. The molecule has 2 saturated carbocycles. The number of rotatable bonds is 8. The molecule has 1 amide bonds. The highest BCUT2D eigenvalue weighted by Crippen LogP contribution is 2.41. The number of amides is 1. The highest BCUT2D eigenvalue weighted by Gasteiger charge is 2.52. The van der Waals surface area contributed by atoms with Gasteiger partial charge in [-0.1, -0.05) is 0 Å². The van der Waals surface area contributed by atoms with E-state index in [2.05, 4.69) is 5.32 Å². The first kappa shape index (κ1) is 14.6. The fraction of sp³-hybridized carbons (Fsp3) is 0.917. The Morgan fingerprint density at radius 1 is 1.26 bits per heavy atom. The number of primary amides is 1. The minimum Gasteiger partial charge on any atom is -0.379 e. The van der Waals surface area contributed by atoms with Crippen LogP contribution in [0.25, 0.3) is 0 Å². The van der Waals surface area contributed by atoms with E-state index in [4.69, 9.17) is 10.5 Å². The third-order valence-electron chi connectivity index (χ3n) is 3.61. The average Bonchev–Trinajstić information content (AvgIpc) is 3.12. The van der Waals surface area contributed by atoms with Crippen molar-refractivity contribution in [1.29, 1.82) is 0 Å². The summed E-state index contributed by atoms with van der Waals surface area (Å²) in [5.74, 6) is -0.426. The van der Waals surface area contributed by atoms with E-state index in [-0.39, 0.29) is 18.6 Å². The summed E-state index contributed by atoms with van der Waals surface area (Å²) in [4.78, 5) is 11.7. The zero-order valence-corrected chi connectivity index (χ0v) is 10.6. The van der Waals surface area contributed by atoms with Gasteiger partial charge in [-0.25, -0.2) is 0 Å². The molecular weight excluding hydrogens is 261 g/mol. The molecule has 0 spiro atoms. The first-order chi connectivity index (χ1) is 8.83. The topological polar surface area (TPSA) is 64.4 Å². The predicted octanol–water partition coefficient (Wildman–Crippen LogP) is 1.34. The van der Waals surface area contributed by atoms with Crippen molar-refractivity contribution in [3.63, 3.8) is 0 Å². The van der Waals surface area contributed by atoms with Gasteiger partial charge < -0.3 is 10.5 Å². The molecule has 0 aromatic carbocycles. The maximum absolute atomic E-state index is 12.0. The summed E-state index contributed by atoms with van der Waals surface area (Å²) in [5.41, 5.74) is 4.47. The number of ether oxygens (including phenoxy) is 1. The van der Waals surface area contributed by atoms with Crippen LogP contribution in [0.2, 0.25) is 0 Å². The average molecular weight is 280 g/mol. The smallest absolute Gasteiger partial charge is 0.379 e. The summed E-state index contributed by atoms with van der Waals surface area (Å²) in [6.07, 6.45) is -1.56. The fourth-order valence-electron chi connectivity index (χ4n) is 2.21. The van der Waals surface area contributed by atoms with Gasteiger partial charge in [0.2, 0.25) is 5.91 Å². The number of nitrogens with one attached hydrogen (secondary N) is 1. The molecule has 4 nitrogen and oxygen atoms in total. The Morgan fingerprint density at radius 2 is 1.89 bits per heavy atom. The zero-order valence-electron chi connectivity index (χ0n) is 10.6. The van der Waals surface area contributed by atoms with Crippen molar-refractivity contribution in [2.45, 2.75) is 49.9 Å². The van der Waals surface area contributed by atoms with Crippen LogP contribution in [0, 0.1) is 5.92 Å². The van der Waals surface area contributed by atoms with E-state index in [1.165, 1.54) is 0 Å². The Kier molecular flexibility index (Phi) is 4.06. The largest absolute Gasteiger partial charge is 0.391 e. The molecule has 110 valence electrons. The number of alkyl halides is 3. The molecule has 0 bridgehead atoms. The fourth-order valence-corrected chi connectivity index (χ4v) is 2.21. The zero-order chi connectivity index (χ0) is 14.1. The van der Waals surface area contributed by atoms with Crippen molar-refractivity contribution < 1.29 is 22.7 Å².